The van der Waals surface area contributed by atoms with E-state index >= 15 is 0 Å². The molecule has 0 aliphatic heterocycles. The summed E-state index contributed by atoms with van der Waals surface area (Å²) in [5, 5.41) is 2.77. The number of hydrogen-bond acceptors (Lipinski definition) is 2. The minimum atomic E-state index is -0.0742. The summed E-state index contributed by atoms with van der Waals surface area (Å²) in [6, 6.07) is 15.2. The Morgan fingerprint density at radius 1 is 1.06 bits per heavy atom. The van der Waals surface area contributed by atoms with Gasteiger partial charge in [-0.2, -0.15) is 0 Å². The predicted molar refractivity (Wildman–Crippen MR) is 72.0 cm³/mol. The standard InChI is InChI=1S/C15H15NO2/c1-11-10-14(8-9-15(11)16-12(2)17)18-13-6-4-3-5-7-13/h3-10H,1-2H3,(H,16,17). The van der Waals surface area contributed by atoms with Gasteiger partial charge >= 0.3 is 0 Å². The van der Waals surface area contributed by atoms with E-state index in [9.17, 15) is 4.79 Å². The Bertz CT molecular complexity index is 550. The summed E-state index contributed by atoms with van der Waals surface area (Å²) in [5.74, 6) is 1.48. The fourth-order valence-corrected chi connectivity index (χ4v) is 1.65. The molecule has 0 aromatic heterocycles. The molecule has 0 unspecified atom stereocenters. The van der Waals surface area contributed by atoms with Crippen molar-refractivity contribution in [3.05, 3.63) is 54.1 Å². The van der Waals surface area contributed by atoms with Crippen LogP contribution in [0.5, 0.6) is 11.5 Å². The van der Waals surface area contributed by atoms with Gasteiger partial charge in [0.25, 0.3) is 0 Å². The molecule has 0 bridgehead atoms. The second-order valence-corrected chi connectivity index (χ2v) is 4.07. The third-order valence-electron chi connectivity index (χ3n) is 2.49. The molecule has 0 spiro atoms. The zero-order chi connectivity index (χ0) is 13.0. The molecule has 0 aliphatic carbocycles. The van der Waals surface area contributed by atoms with Crippen LogP contribution in [-0.4, -0.2) is 5.91 Å². The fourth-order valence-electron chi connectivity index (χ4n) is 1.65. The van der Waals surface area contributed by atoms with Crippen molar-refractivity contribution in [2.75, 3.05) is 5.32 Å². The van der Waals surface area contributed by atoms with Crippen LogP contribution >= 0.6 is 0 Å². The number of nitrogens with one attached hydrogen (secondary N) is 1. The van der Waals surface area contributed by atoms with Crippen LogP contribution in [0.15, 0.2) is 48.5 Å². The summed E-state index contributed by atoms with van der Waals surface area (Å²) in [4.78, 5) is 11.0. The number of amides is 1. The maximum atomic E-state index is 11.0. The van der Waals surface area contributed by atoms with Gasteiger partial charge in [-0.1, -0.05) is 18.2 Å². The van der Waals surface area contributed by atoms with E-state index in [4.69, 9.17) is 4.74 Å². The minimum absolute atomic E-state index is 0.0742. The molecule has 1 N–H and O–H groups in total. The van der Waals surface area contributed by atoms with Crippen molar-refractivity contribution >= 4 is 11.6 Å². The number of ether oxygens (including phenoxy) is 1. The summed E-state index contributed by atoms with van der Waals surface area (Å²) in [6.45, 7) is 3.43. The molecular formula is C15H15NO2. The van der Waals surface area contributed by atoms with Gasteiger partial charge < -0.3 is 10.1 Å². The summed E-state index contributed by atoms with van der Waals surface area (Å²) in [6.07, 6.45) is 0. The quantitative estimate of drug-likeness (QED) is 0.888. The first-order valence-corrected chi connectivity index (χ1v) is 5.76. The lowest BCUT2D eigenvalue weighted by Gasteiger charge is -2.10. The van der Waals surface area contributed by atoms with E-state index in [-0.39, 0.29) is 5.91 Å². The Balaban J connectivity index is 2.16. The Hall–Kier alpha value is -2.29. The van der Waals surface area contributed by atoms with E-state index in [1.165, 1.54) is 6.92 Å². The predicted octanol–water partition coefficient (Wildman–Crippen LogP) is 3.75. The van der Waals surface area contributed by atoms with Crippen molar-refractivity contribution in [3.63, 3.8) is 0 Å². The molecule has 3 nitrogen and oxygen atoms in total. The lowest BCUT2D eigenvalue weighted by Crippen LogP contribution is -2.06. The molecule has 1 amide bonds. The van der Waals surface area contributed by atoms with Gasteiger partial charge in [0.05, 0.1) is 0 Å². The van der Waals surface area contributed by atoms with Crippen molar-refractivity contribution < 1.29 is 9.53 Å². The van der Waals surface area contributed by atoms with Crippen LogP contribution in [0.3, 0.4) is 0 Å². The number of hydrogen-bond donors (Lipinski definition) is 1. The first-order valence-electron chi connectivity index (χ1n) is 5.76. The molecular weight excluding hydrogens is 226 g/mol. The maximum absolute atomic E-state index is 11.0. The van der Waals surface area contributed by atoms with Crippen molar-refractivity contribution in [3.8, 4) is 11.5 Å². The van der Waals surface area contributed by atoms with Crippen LogP contribution < -0.4 is 10.1 Å². The van der Waals surface area contributed by atoms with Gasteiger partial charge in [-0.05, 0) is 42.8 Å². The zero-order valence-electron chi connectivity index (χ0n) is 10.4. The third kappa shape index (κ3) is 3.10. The lowest BCUT2D eigenvalue weighted by atomic mass is 10.2. The minimum Gasteiger partial charge on any atom is -0.457 e. The number of para-hydroxylation sites is 1. The summed E-state index contributed by atoms with van der Waals surface area (Å²) in [7, 11) is 0. The highest BCUT2D eigenvalue weighted by Gasteiger charge is 2.03. The van der Waals surface area contributed by atoms with Gasteiger partial charge in [0.15, 0.2) is 0 Å². The molecule has 0 heterocycles. The number of rotatable bonds is 3. The average Bonchev–Trinajstić information content (AvgIpc) is 2.33. The molecule has 2 rings (SSSR count). The van der Waals surface area contributed by atoms with Crippen molar-refractivity contribution in [1.29, 1.82) is 0 Å². The van der Waals surface area contributed by atoms with Crippen LogP contribution in [-0.2, 0) is 4.79 Å². The van der Waals surface area contributed by atoms with Gasteiger partial charge in [-0.3, -0.25) is 4.79 Å². The Labute approximate surface area is 106 Å². The van der Waals surface area contributed by atoms with Crippen LogP contribution in [0.1, 0.15) is 12.5 Å². The second kappa shape index (κ2) is 5.36. The monoisotopic (exact) mass is 241 g/mol. The SMILES string of the molecule is CC(=O)Nc1ccc(Oc2ccccc2)cc1C. The van der Waals surface area contributed by atoms with Crippen LogP contribution in [0.4, 0.5) is 5.69 Å². The molecule has 2 aromatic rings. The number of benzene rings is 2. The topological polar surface area (TPSA) is 38.3 Å². The molecule has 0 radical (unpaired) electrons. The number of carbonyl (C=O) groups excluding carboxylic acids is 1. The first-order chi connectivity index (χ1) is 8.65. The third-order valence-corrected chi connectivity index (χ3v) is 2.49. The Morgan fingerprint density at radius 3 is 2.39 bits per heavy atom. The highest BCUT2D eigenvalue weighted by Crippen LogP contribution is 2.25. The zero-order valence-corrected chi connectivity index (χ0v) is 10.4. The summed E-state index contributed by atoms with van der Waals surface area (Å²) >= 11 is 0. The molecule has 0 aliphatic rings. The summed E-state index contributed by atoms with van der Waals surface area (Å²) in [5.41, 5.74) is 1.78. The first kappa shape index (κ1) is 12.2. The van der Waals surface area contributed by atoms with E-state index in [0.29, 0.717) is 0 Å². The molecule has 0 saturated carbocycles. The number of carbonyl (C=O) groups is 1. The van der Waals surface area contributed by atoms with Gasteiger partial charge in [-0.25, -0.2) is 0 Å². The normalized spacial score (nSPS) is 9.89. The van der Waals surface area contributed by atoms with E-state index in [1.807, 2.05) is 55.5 Å². The molecule has 2 aromatic carbocycles. The van der Waals surface area contributed by atoms with E-state index in [0.717, 1.165) is 22.7 Å². The maximum Gasteiger partial charge on any atom is 0.221 e. The molecule has 3 heteroatoms. The van der Waals surface area contributed by atoms with Crippen LogP contribution in [0, 0.1) is 6.92 Å². The van der Waals surface area contributed by atoms with Crippen LogP contribution in [0.25, 0.3) is 0 Å². The van der Waals surface area contributed by atoms with Gasteiger partial charge in [-0.15, -0.1) is 0 Å². The second-order valence-electron chi connectivity index (χ2n) is 4.07. The highest BCUT2D eigenvalue weighted by molar-refractivity contribution is 5.89. The smallest absolute Gasteiger partial charge is 0.221 e. The van der Waals surface area contributed by atoms with Gasteiger partial charge in [0.1, 0.15) is 11.5 Å². The Morgan fingerprint density at radius 2 is 1.78 bits per heavy atom. The average molecular weight is 241 g/mol. The Kier molecular flexibility index (Phi) is 3.63. The fraction of sp³-hybridized carbons (Fsp3) is 0.133. The number of aryl methyl sites for hydroxylation is 1. The van der Waals surface area contributed by atoms with E-state index in [2.05, 4.69) is 5.32 Å². The largest absolute Gasteiger partial charge is 0.457 e. The molecule has 0 atom stereocenters. The van der Waals surface area contributed by atoms with Crippen molar-refractivity contribution in [1.82, 2.24) is 0 Å². The van der Waals surface area contributed by atoms with Crippen molar-refractivity contribution in [2.24, 2.45) is 0 Å². The highest BCUT2D eigenvalue weighted by atomic mass is 16.5. The molecule has 0 fully saturated rings. The lowest BCUT2D eigenvalue weighted by molar-refractivity contribution is -0.114. The number of anilines is 1. The van der Waals surface area contributed by atoms with E-state index in [1.54, 1.807) is 0 Å². The van der Waals surface area contributed by atoms with Gasteiger partial charge in [0.2, 0.25) is 5.91 Å². The summed E-state index contributed by atoms with van der Waals surface area (Å²) < 4.78 is 5.71. The van der Waals surface area contributed by atoms with E-state index < -0.39 is 0 Å². The molecule has 0 saturated heterocycles. The van der Waals surface area contributed by atoms with Crippen molar-refractivity contribution in [2.45, 2.75) is 13.8 Å². The van der Waals surface area contributed by atoms with Crippen LogP contribution in [0.2, 0.25) is 0 Å². The molecule has 92 valence electrons. The molecule has 18 heavy (non-hydrogen) atoms. The van der Waals surface area contributed by atoms with Gasteiger partial charge in [0, 0.05) is 12.6 Å².